The minimum absolute atomic E-state index is 0.211. The average Bonchev–Trinajstić information content (AvgIpc) is 2.37. The molecule has 2 rings (SSSR count). The van der Waals surface area contributed by atoms with Crippen molar-refractivity contribution in [2.75, 3.05) is 5.73 Å². The lowest BCUT2D eigenvalue weighted by atomic mass is 10.1. The largest absolute Gasteiger partial charge is 0.368 e. The number of nitrogens with two attached hydrogens (primary N) is 1. The quantitative estimate of drug-likeness (QED) is 0.917. The maximum Gasteiger partial charge on any atom is 0.220 e. The molecule has 0 aliphatic carbocycles. The highest BCUT2D eigenvalue weighted by Crippen LogP contribution is 2.15. The van der Waals surface area contributed by atoms with Crippen molar-refractivity contribution in [3.8, 4) is 0 Å². The van der Waals surface area contributed by atoms with Crippen LogP contribution in [0.15, 0.2) is 30.3 Å². The van der Waals surface area contributed by atoms with Gasteiger partial charge in [-0.15, -0.1) is 0 Å². The van der Waals surface area contributed by atoms with Crippen molar-refractivity contribution >= 4 is 5.95 Å². The van der Waals surface area contributed by atoms with Crippen molar-refractivity contribution in [2.24, 2.45) is 0 Å². The molecule has 19 heavy (non-hydrogen) atoms. The van der Waals surface area contributed by atoms with Crippen LogP contribution < -0.4 is 5.73 Å². The Labute approximate surface area is 112 Å². The van der Waals surface area contributed by atoms with Crippen LogP contribution in [-0.4, -0.2) is 9.97 Å². The predicted molar refractivity (Wildman–Crippen MR) is 74.3 cm³/mol. The summed E-state index contributed by atoms with van der Waals surface area (Å²) in [6, 6.07) is 8.53. The number of hydrogen-bond donors (Lipinski definition) is 1. The van der Waals surface area contributed by atoms with Gasteiger partial charge >= 0.3 is 0 Å². The number of nitrogen functional groups attached to an aromatic ring is 1. The second-order valence-corrected chi connectivity index (χ2v) is 4.92. The number of aryl methyl sites for hydroxylation is 2. The van der Waals surface area contributed by atoms with Gasteiger partial charge in [-0.2, -0.15) is 0 Å². The molecule has 4 heteroatoms. The lowest BCUT2D eigenvalue weighted by Gasteiger charge is -2.08. The summed E-state index contributed by atoms with van der Waals surface area (Å²) in [5.74, 6) is 0.437. The lowest BCUT2D eigenvalue weighted by Crippen LogP contribution is -2.05. The molecule has 0 saturated heterocycles. The molecule has 2 aromatic rings. The van der Waals surface area contributed by atoms with Crippen LogP contribution in [0.3, 0.4) is 0 Å². The molecule has 0 atom stereocenters. The van der Waals surface area contributed by atoms with E-state index in [0.717, 1.165) is 29.8 Å². The maximum absolute atomic E-state index is 12.8. The second kappa shape index (κ2) is 5.78. The molecule has 0 fully saturated rings. The van der Waals surface area contributed by atoms with Crippen molar-refractivity contribution in [2.45, 2.75) is 32.6 Å². The lowest BCUT2D eigenvalue weighted by molar-refractivity contribution is 0.627. The summed E-state index contributed by atoms with van der Waals surface area (Å²) in [4.78, 5) is 8.46. The molecule has 1 aromatic carbocycles. The van der Waals surface area contributed by atoms with Gasteiger partial charge in [0.2, 0.25) is 5.95 Å². The molecule has 0 spiro atoms. The molecular formula is C15H18FN3. The van der Waals surface area contributed by atoms with Crippen LogP contribution in [0, 0.1) is 5.82 Å². The van der Waals surface area contributed by atoms with Gasteiger partial charge in [0.25, 0.3) is 0 Å². The smallest absolute Gasteiger partial charge is 0.220 e. The normalized spacial score (nSPS) is 10.9. The third kappa shape index (κ3) is 3.74. The zero-order valence-electron chi connectivity index (χ0n) is 11.2. The molecule has 1 aromatic heterocycles. The van der Waals surface area contributed by atoms with E-state index in [1.54, 1.807) is 12.1 Å². The third-order valence-electron chi connectivity index (χ3n) is 2.99. The van der Waals surface area contributed by atoms with Gasteiger partial charge in [-0.25, -0.2) is 14.4 Å². The monoisotopic (exact) mass is 259 g/mol. The first-order chi connectivity index (χ1) is 9.04. The minimum atomic E-state index is -0.211. The standard InChI is InChI=1S/C15H18FN3/c1-10(2)14-9-13(18-15(17)19-14)8-5-11-3-6-12(16)7-4-11/h3-4,6-7,9-10H,5,8H2,1-2H3,(H2,17,18,19). The van der Waals surface area contributed by atoms with Crippen LogP contribution in [0.5, 0.6) is 0 Å². The van der Waals surface area contributed by atoms with Gasteiger partial charge in [-0.3, -0.25) is 0 Å². The fraction of sp³-hybridized carbons (Fsp3) is 0.333. The number of rotatable bonds is 4. The van der Waals surface area contributed by atoms with Gasteiger partial charge in [-0.05, 0) is 42.5 Å². The van der Waals surface area contributed by atoms with Crippen LogP contribution in [0.2, 0.25) is 0 Å². The average molecular weight is 259 g/mol. The topological polar surface area (TPSA) is 51.8 Å². The van der Waals surface area contributed by atoms with E-state index in [9.17, 15) is 4.39 Å². The highest BCUT2D eigenvalue weighted by atomic mass is 19.1. The van der Waals surface area contributed by atoms with Gasteiger partial charge in [0.15, 0.2) is 0 Å². The molecule has 0 unspecified atom stereocenters. The van der Waals surface area contributed by atoms with Crippen LogP contribution in [0.4, 0.5) is 10.3 Å². The van der Waals surface area contributed by atoms with E-state index < -0.39 is 0 Å². The highest BCUT2D eigenvalue weighted by Gasteiger charge is 2.06. The summed E-state index contributed by atoms with van der Waals surface area (Å²) in [6.45, 7) is 4.15. The zero-order valence-corrected chi connectivity index (χ0v) is 11.2. The van der Waals surface area contributed by atoms with Gasteiger partial charge in [0.1, 0.15) is 5.82 Å². The summed E-state index contributed by atoms with van der Waals surface area (Å²) < 4.78 is 12.8. The molecular weight excluding hydrogens is 241 g/mol. The van der Waals surface area contributed by atoms with Crippen molar-refractivity contribution in [1.29, 1.82) is 0 Å². The molecule has 1 heterocycles. The maximum atomic E-state index is 12.8. The SMILES string of the molecule is CC(C)c1cc(CCc2ccc(F)cc2)nc(N)n1. The first-order valence-electron chi connectivity index (χ1n) is 6.42. The first-order valence-corrected chi connectivity index (χ1v) is 6.42. The van der Waals surface area contributed by atoms with Gasteiger partial charge in [-0.1, -0.05) is 26.0 Å². The molecule has 3 nitrogen and oxygen atoms in total. The van der Waals surface area contributed by atoms with E-state index in [-0.39, 0.29) is 5.82 Å². The Bertz CT molecular complexity index is 550. The van der Waals surface area contributed by atoms with Crippen LogP contribution in [0.1, 0.15) is 36.7 Å². The summed E-state index contributed by atoms with van der Waals surface area (Å²) in [5, 5.41) is 0. The molecule has 0 amide bonds. The van der Waals surface area contributed by atoms with E-state index in [0.29, 0.717) is 11.9 Å². The van der Waals surface area contributed by atoms with Gasteiger partial charge in [0, 0.05) is 11.4 Å². The van der Waals surface area contributed by atoms with E-state index in [1.165, 1.54) is 12.1 Å². The minimum Gasteiger partial charge on any atom is -0.368 e. The van der Waals surface area contributed by atoms with Crippen molar-refractivity contribution in [3.63, 3.8) is 0 Å². The van der Waals surface area contributed by atoms with Crippen LogP contribution >= 0.6 is 0 Å². The number of nitrogens with zero attached hydrogens (tertiary/aromatic N) is 2. The number of benzene rings is 1. The molecule has 2 N–H and O–H groups in total. The third-order valence-corrected chi connectivity index (χ3v) is 2.99. The summed E-state index contributed by atoms with van der Waals surface area (Å²) >= 11 is 0. The van der Waals surface area contributed by atoms with Crippen molar-refractivity contribution in [1.82, 2.24) is 9.97 Å². The Kier molecular flexibility index (Phi) is 4.10. The van der Waals surface area contributed by atoms with Crippen LogP contribution in [0.25, 0.3) is 0 Å². The zero-order chi connectivity index (χ0) is 13.8. The number of hydrogen-bond acceptors (Lipinski definition) is 3. The van der Waals surface area contributed by atoms with Crippen LogP contribution in [-0.2, 0) is 12.8 Å². The van der Waals surface area contributed by atoms with E-state index in [1.807, 2.05) is 6.07 Å². The van der Waals surface area contributed by atoms with Gasteiger partial charge in [0.05, 0.1) is 0 Å². The van der Waals surface area contributed by atoms with E-state index in [4.69, 9.17) is 5.73 Å². The summed E-state index contributed by atoms with van der Waals surface area (Å²) in [7, 11) is 0. The number of aromatic nitrogens is 2. The summed E-state index contributed by atoms with van der Waals surface area (Å²) in [6.07, 6.45) is 1.59. The fourth-order valence-corrected chi connectivity index (χ4v) is 1.89. The molecule has 0 bridgehead atoms. The van der Waals surface area contributed by atoms with Gasteiger partial charge < -0.3 is 5.73 Å². The Morgan fingerprint density at radius 1 is 1.11 bits per heavy atom. The molecule has 0 aliphatic rings. The Morgan fingerprint density at radius 3 is 2.42 bits per heavy atom. The Balaban J connectivity index is 2.08. The predicted octanol–water partition coefficient (Wildman–Crippen LogP) is 3.11. The molecule has 0 radical (unpaired) electrons. The second-order valence-electron chi connectivity index (χ2n) is 4.92. The van der Waals surface area contributed by atoms with E-state index in [2.05, 4.69) is 23.8 Å². The molecule has 100 valence electrons. The number of anilines is 1. The van der Waals surface area contributed by atoms with E-state index >= 15 is 0 Å². The van der Waals surface area contributed by atoms with Crippen molar-refractivity contribution in [3.05, 3.63) is 53.1 Å². The number of halogens is 1. The Morgan fingerprint density at radius 2 is 1.79 bits per heavy atom. The molecule has 0 aliphatic heterocycles. The Hall–Kier alpha value is -1.97. The summed E-state index contributed by atoms with van der Waals surface area (Å²) in [5.41, 5.74) is 8.69. The highest BCUT2D eigenvalue weighted by molar-refractivity contribution is 5.25. The first kappa shape index (κ1) is 13.5. The molecule has 0 saturated carbocycles. The fourth-order valence-electron chi connectivity index (χ4n) is 1.89. The van der Waals surface area contributed by atoms with Crippen molar-refractivity contribution < 1.29 is 4.39 Å².